The smallest absolute Gasteiger partial charge is 0.248 e. The molecule has 0 aromatic heterocycles. The van der Waals surface area contributed by atoms with E-state index in [1.807, 2.05) is 30.3 Å². The second kappa shape index (κ2) is 7.38. The van der Waals surface area contributed by atoms with Crippen molar-refractivity contribution in [1.29, 1.82) is 0 Å². The molecule has 3 amide bonds. The standard InChI is InChI=1S/C17H18N4O3/c18-14(6-10-4-2-1-3-5-10)17(24)21-13-8-11(15(19)22)7-12(9-13)16(20)23/h1-5,7-9,14H,6,18H2,(H2,19,22)(H2,20,23)(H,21,24)/t14-/m0/s1. The largest absolute Gasteiger partial charge is 0.366 e. The van der Waals surface area contributed by atoms with Crippen LogP contribution >= 0.6 is 0 Å². The van der Waals surface area contributed by atoms with Crippen LogP contribution in [0, 0.1) is 0 Å². The second-order valence-corrected chi connectivity index (χ2v) is 5.31. The Hall–Kier alpha value is -3.19. The van der Waals surface area contributed by atoms with E-state index in [1.54, 1.807) is 0 Å². The van der Waals surface area contributed by atoms with Crippen molar-refractivity contribution in [3.8, 4) is 0 Å². The number of nitrogens with two attached hydrogens (primary N) is 3. The molecule has 1 atom stereocenters. The zero-order valence-electron chi connectivity index (χ0n) is 12.9. The van der Waals surface area contributed by atoms with Gasteiger partial charge in [-0.05, 0) is 30.2 Å². The first-order valence-corrected chi connectivity index (χ1v) is 7.22. The fourth-order valence-electron chi connectivity index (χ4n) is 2.18. The van der Waals surface area contributed by atoms with E-state index in [4.69, 9.17) is 17.2 Å². The van der Waals surface area contributed by atoms with Crippen LogP contribution in [0.25, 0.3) is 0 Å². The Morgan fingerprint density at radius 3 is 1.96 bits per heavy atom. The number of hydrogen-bond donors (Lipinski definition) is 4. The van der Waals surface area contributed by atoms with Crippen LogP contribution in [-0.2, 0) is 11.2 Å². The summed E-state index contributed by atoms with van der Waals surface area (Å²) in [5, 5.41) is 2.57. The number of amides is 3. The molecule has 2 rings (SSSR count). The minimum Gasteiger partial charge on any atom is -0.366 e. The van der Waals surface area contributed by atoms with Crippen molar-refractivity contribution in [2.24, 2.45) is 17.2 Å². The van der Waals surface area contributed by atoms with Gasteiger partial charge in [-0.15, -0.1) is 0 Å². The number of carbonyl (C=O) groups is 3. The van der Waals surface area contributed by atoms with Crippen LogP contribution in [0.5, 0.6) is 0 Å². The lowest BCUT2D eigenvalue weighted by atomic mass is 10.1. The van der Waals surface area contributed by atoms with Gasteiger partial charge in [0.2, 0.25) is 17.7 Å². The number of benzene rings is 2. The summed E-state index contributed by atoms with van der Waals surface area (Å²) in [4.78, 5) is 34.9. The van der Waals surface area contributed by atoms with Gasteiger partial charge in [0.15, 0.2) is 0 Å². The van der Waals surface area contributed by atoms with Crippen LogP contribution in [-0.4, -0.2) is 23.8 Å². The van der Waals surface area contributed by atoms with E-state index in [0.717, 1.165) is 5.56 Å². The minimum atomic E-state index is -0.790. The third-order valence-electron chi connectivity index (χ3n) is 3.40. The molecule has 0 radical (unpaired) electrons. The molecular weight excluding hydrogens is 308 g/mol. The van der Waals surface area contributed by atoms with E-state index in [0.29, 0.717) is 6.42 Å². The Morgan fingerprint density at radius 2 is 1.46 bits per heavy atom. The number of anilines is 1. The van der Waals surface area contributed by atoms with Crippen molar-refractivity contribution in [3.05, 3.63) is 65.2 Å². The summed E-state index contributed by atoms with van der Waals surface area (Å²) in [6.07, 6.45) is 0.352. The van der Waals surface area contributed by atoms with Crippen molar-refractivity contribution in [3.63, 3.8) is 0 Å². The molecule has 7 nitrogen and oxygen atoms in total. The molecule has 0 aliphatic heterocycles. The highest BCUT2D eigenvalue weighted by Crippen LogP contribution is 2.15. The number of primary amides is 2. The quantitative estimate of drug-likeness (QED) is 0.609. The van der Waals surface area contributed by atoms with Crippen LogP contribution in [0.3, 0.4) is 0 Å². The van der Waals surface area contributed by atoms with Crippen molar-refractivity contribution in [2.75, 3.05) is 5.32 Å². The summed E-state index contributed by atoms with van der Waals surface area (Å²) in [5.41, 5.74) is 17.6. The van der Waals surface area contributed by atoms with Crippen LogP contribution in [0.15, 0.2) is 48.5 Å². The van der Waals surface area contributed by atoms with E-state index in [9.17, 15) is 14.4 Å². The number of rotatable bonds is 6. The third-order valence-corrected chi connectivity index (χ3v) is 3.40. The average Bonchev–Trinajstić information content (AvgIpc) is 2.55. The highest BCUT2D eigenvalue weighted by Gasteiger charge is 2.16. The van der Waals surface area contributed by atoms with E-state index < -0.39 is 23.8 Å². The molecule has 0 fully saturated rings. The van der Waals surface area contributed by atoms with Gasteiger partial charge in [0.25, 0.3) is 0 Å². The zero-order valence-corrected chi connectivity index (χ0v) is 12.9. The van der Waals surface area contributed by atoms with Gasteiger partial charge in [-0.1, -0.05) is 30.3 Å². The Morgan fingerprint density at radius 1 is 0.917 bits per heavy atom. The lowest BCUT2D eigenvalue weighted by Crippen LogP contribution is -2.37. The van der Waals surface area contributed by atoms with Gasteiger partial charge in [-0.2, -0.15) is 0 Å². The van der Waals surface area contributed by atoms with Gasteiger partial charge in [0.05, 0.1) is 6.04 Å². The SMILES string of the molecule is NC(=O)c1cc(NC(=O)[C@@H](N)Cc2ccccc2)cc(C(N)=O)c1. The van der Waals surface area contributed by atoms with Gasteiger partial charge in [-0.3, -0.25) is 14.4 Å². The maximum Gasteiger partial charge on any atom is 0.248 e. The predicted molar refractivity (Wildman–Crippen MR) is 90.2 cm³/mol. The first kappa shape index (κ1) is 17.2. The molecule has 0 bridgehead atoms. The summed E-state index contributed by atoms with van der Waals surface area (Å²) >= 11 is 0. The number of hydrogen-bond acceptors (Lipinski definition) is 4. The van der Waals surface area contributed by atoms with Crippen LogP contribution in [0.2, 0.25) is 0 Å². The summed E-state index contributed by atoms with van der Waals surface area (Å²) < 4.78 is 0. The monoisotopic (exact) mass is 326 g/mol. The van der Waals surface area contributed by atoms with Crippen molar-refractivity contribution in [1.82, 2.24) is 0 Å². The zero-order chi connectivity index (χ0) is 17.7. The lowest BCUT2D eigenvalue weighted by Gasteiger charge is -2.13. The van der Waals surface area contributed by atoms with Crippen molar-refractivity contribution in [2.45, 2.75) is 12.5 Å². The van der Waals surface area contributed by atoms with Gasteiger partial charge >= 0.3 is 0 Å². The van der Waals surface area contributed by atoms with E-state index in [-0.39, 0.29) is 16.8 Å². The molecule has 124 valence electrons. The molecule has 0 unspecified atom stereocenters. The average molecular weight is 326 g/mol. The Labute approximate surface area is 138 Å². The topological polar surface area (TPSA) is 141 Å². The van der Waals surface area contributed by atoms with Gasteiger partial charge in [0.1, 0.15) is 0 Å². The normalized spacial score (nSPS) is 11.5. The van der Waals surface area contributed by atoms with Gasteiger partial charge < -0.3 is 22.5 Å². The fraction of sp³-hybridized carbons (Fsp3) is 0.118. The highest BCUT2D eigenvalue weighted by molar-refractivity contribution is 6.02. The molecule has 0 aliphatic rings. The van der Waals surface area contributed by atoms with Crippen molar-refractivity contribution >= 4 is 23.4 Å². The first-order valence-electron chi connectivity index (χ1n) is 7.22. The molecule has 2 aromatic rings. The first-order chi connectivity index (χ1) is 11.4. The molecule has 0 heterocycles. The molecule has 24 heavy (non-hydrogen) atoms. The lowest BCUT2D eigenvalue weighted by molar-refractivity contribution is -0.117. The summed E-state index contributed by atoms with van der Waals surface area (Å²) in [5.74, 6) is -1.92. The Bertz CT molecular complexity index is 742. The maximum atomic E-state index is 12.2. The molecule has 7 N–H and O–H groups in total. The molecule has 2 aromatic carbocycles. The van der Waals surface area contributed by atoms with E-state index >= 15 is 0 Å². The highest BCUT2D eigenvalue weighted by atomic mass is 16.2. The van der Waals surface area contributed by atoms with Crippen LogP contribution in [0.1, 0.15) is 26.3 Å². The van der Waals surface area contributed by atoms with E-state index in [2.05, 4.69) is 5.32 Å². The van der Waals surface area contributed by atoms with Crippen LogP contribution in [0.4, 0.5) is 5.69 Å². The second-order valence-electron chi connectivity index (χ2n) is 5.31. The summed E-state index contributed by atoms with van der Waals surface area (Å²) in [6.45, 7) is 0. The Balaban J connectivity index is 2.15. The van der Waals surface area contributed by atoms with Gasteiger partial charge in [-0.25, -0.2) is 0 Å². The minimum absolute atomic E-state index is 0.0678. The number of carbonyl (C=O) groups excluding carboxylic acids is 3. The summed E-state index contributed by atoms with van der Waals surface area (Å²) in [6, 6.07) is 12.5. The Kier molecular flexibility index (Phi) is 5.28. The molecule has 0 aliphatic carbocycles. The molecule has 0 saturated carbocycles. The molecule has 7 heteroatoms. The van der Waals surface area contributed by atoms with Crippen molar-refractivity contribution < 1.29 is 14.4 Å². The van der Waals surface area contributed by atoms with Gasteiger partial charge in [0, 0.05) is 16.8 Å². The van der Waals surface area contributed by atoms with E-state index in [1.165, 1.54) is 18.2 Å². The molecular formula is C17H18N4O3. The predicted octanol–water partition coefficient (Wildman–Crippen LogP) is 0.393. The molecule has 0 spiro atoms. The number of nitrogens with one attached hydrogen (secondary N) is 1. The summed E-state index contributed by atoms with van der Waals surface area (Å²) in [7, 11) is 0. The maximum absolute atomic E-state index is 12.2. The molecule has 0 saturated heterocycles. The van der Waals surface area contributed by atoms with Crippen LogP contribution < -0.4 is 22.5 Å². The third kappa shape index (κ3) is 4.40. The fourth-order valence-corrected chi connectivity index (χ4v) is 2.18.